The summed E-state index contributed by atoms with van der Waals surface area (Å²) in [7, 11) is -0.661. The molecular formula is C13H26N2O2S. The Morgan fingerprint density at radius 3 is 2.50 bits per heavy atom. The van der Waals surface area contributed by atoms with Crippen molar-refractivity contribution >= 4 is 16.7 Å². The Morgan fingerprint density at radius 1 is 1.33 bits per heavy atom. The van der Waals surface area contributed by atoms with Crippen LogP contribution in [0.1, 0.15) is 46.0 Å². The molecule has 0 aliphatic carbocycles. The number of hydrogen-bond donors (Lipinski definition) is 2. The van der Waals surface area contributed by atoms with Gasteiger partial charge < -0.3 is 11.1 Å². The Balaban J connectivity index is 2.23. The molecule has 106 valence electrons. The third-order valence-electron chi connectivity index (χ3n) is 3.60. The molecule has 0 aromatic rings. The molecule has 3 N–H and O–H groups in total. The van der Waals surface area contributed by atoms with Crippen LogP contribution in [0.3, 0.4) is 0 Å². The summed E-state index contributed by atoms with van der Waals surface area (Å²) in [4.78, 5) is 11.8. The molecular weight excluding hydrogens is 248 g/mol. The maximum absolute atomic E-state index is 11.8. The van der Waals surface area contributed by atoms with Crippen LogP contribution in [0.25, 0.3) is 0 Å². The minimum absolute atomic E-state index is 0.123. The third-order valence-corrected chi connectivity index (χ3v) is 4.99. The van der Waals surface area contributed by atoms with Gasteiger partial charge >= 0.3 is 0 Å². The molecule has 1 fully saturated rings. The van der Waals surface area contributed by atoms with Crippen molar-refractivity contribution in [3.8, 4) is 0 Å². The van der Waals surface area contributed by atoms with Crippen LogP contribution in [0.15, 0.2) is 0 Å². The molecule has 0 unspecified atom stereocenters. The second-order valence-electron chi connectivity index (χ2n) is 5.89. The summed E-state index contributed by atoms with van der Waals surface area (Å²) in [6, 6.07) is 0.229. The van der Waals surface area contributed by atoms with E-state index in [1.165, 1.54) is 0 Å². The van der Waals surface area contributed by atoms with Crippen molar-refractivity contribution in [2.75, 3.05) is 18.1 Å². The normalized spacial score (nSPS) is 24.8. The van der Waals surface area contributed by atoms with E-state index in [2.05, 4.69) is 19.2 Å². The van der Waals surface area contributed by atoms with Gasteiger partial charge in [-0.25, -0.2) is 0 Å². The molecule has 0 spiro atoms. The van der Waals surface area contributed by atoms with E-state index in [1.807, 2.05) is 0 Å². The molecule has 1 aliphatic heterocycles. The molecule has 4 nitrogen and oxygen atoms in total. The summed E-state index contributed by atoms with van der Waals surface area (Å²) < 4.78 is 11.2. The number of nitrogens with two attached hydrogens (primary N) is 1. The fourth-order valence-electron chi connectivity index (χ4n) is 2.21. The first-order chi connectivity index (χ1) is 8.43. The Kier molecular flexibility index (Phi) is 6.29. The van der Waals surface area contributed by atoms with Crippen LogP contribution < -0.4 is 11.1 Å². The standard InChI is InChI=1S/C13H26N2O2S/c1-13(2,7-8-14)6-3-12(16)15-11-4-9-18(17)10-5-11/h11H,3-10,14H2,1-2H3,(H,15,16). The van der Waals surface area contributed by atoms with Crippen molar-refractivity contribution in [1.29, 1.82) is 0 Å². The van der Waals surface area contributed by atoms with Crippen molar-refractivity contribution in [3.05, 3.63) is 0 Å². The average Bonchev–Trinajstić information content (AvgIpc) is 2.30. The van der Waals surface area contributed by atoms with E-state index >= 15 is 0 Å². The lowest BCUT2D eigenvalue weighted by Gasteiger charge is -2.25. The summed E-state index contributed by atoms with van der Waals surface area (Å²) in [5.41, 5.74) is 5.69. The van der Waals surface area contributed by atoms with Crippen molar-refractivity contribution in [2.45, 2.75) is 52.0 Å². The van der Waals surface area contributed by atoms with Crippen molar-refractivity contribution in [3.63, 3.8) is 0 Å². The second-order valence-corrected chi connectivity index (χ2v) is 7.59. The van der Waals surface area contributed by atoms with Gasteiger partial charge in [0.05, 0.1) is 0 Å². The van der Waals surface area contributed by atoms with Crippen LogP contribution >= 0.6 is 0 Å². The number of amides is 1. The van der Waals surface area contributed by atoms with Crippen LogP contribution in [-0.2, 0) is 15.6 Å². The number of nitrogens with one attached hydrogen (secondary N) is 1. The highest BCUT2D eigenvalue weighted by Gasteiger charge is 2.22. The maximum Gasteiger partial charge on any atom is 0.220 e. The van der Waals surface area contributed by atoms with Crippen LogP contribution in [-0.4, -0.2) is 34.2 Å². The van der Waals surface area contributed by atoms with Crippen LogP contribution in [0, 0.1) is 5.41 Å². The van der Waals surface area contributed by atoms with Crippen molar-refractivity contribution in [1.82, 2.24) is 5.32 Å². The zero-order valence-corrected chi connectivity index (χ0v) is 12.4. The van der Waals surface area contributed by atoms with Crippen LogP contribution in [0.5, 0.6) is 0 Å². The first-order valence-corrected chi connectivity index (χ1v) is 8.26. The van der Waals surface area contributed by atoms with E-state index in [0.717, 1.165) is 37.2 Å². The zero-order valence-electron chi connectivity index (χ0n) is 11.5. The summed E-state index contributed by atoms with van der Waals surface area (Å²) in [5.74, 6) is 1.57. The Hall–Kier alpha value is -0.420. The highest BCUT2D eigenvalue weighted by Crippen LogP contribution is 2.25. The largest absolute Gasteiger partial charge is 0.353 e. The first-order valence-electron chi connectivity index (χ1n) is 6.77. The molecule has 18 heavy (non-hydrogen) atoms. The fourth-order valence-corrected chi connectivity index (χ4v) is 3.50. The maximum atomic E-state index is 11.8. The van der Waals surface area contributed by atoms with Crippen LogP contribution in [0.2, 0.25) is 0 Å². The summed E-state index contributed by atoms with van der Waals surface area (Å²) in [6.45, 7) is 4.97. The van der Waals surface area contributed by atoms with Gasteiger partial charge in [-0.2, -0.15) is 0 Å². The molecule has 1 amide bonds. The van der Waals surface area contributed by atoms with Gasteiger partial charge in [-0.3, -0.25) is 9.00 Å². The minimum atomic E-state index is -0.661. The molecule has 5 heteroatoms. The highest BCUT2D eigenvalue weighted by atomic mass is 32.2. The monoisotopic (exact) mass is 274 g/mol. The van der Waals surface area contributed by atoms with Gasteiger partial charge in [0.25, 0.3) is 0 Å². The Bertz CT molecular complexity index is 295. The Labute approximate surface area is 113 Å². The number of carbonyl (C=O) groups is 1. The quantitative estimate of drug-likeness (QED) is 0.763. The Morgan fingerprint density at radius 2 is 1.94 bits per heavy atom. The molecule has 0 bridgehead atoms. The average molecular weight is 274 g/mol. The molecule has 0 aromatic carbocycles. The van der Waals surface area contributed by atoms with E-state index in [0.29, 0.717) is 13.0 Å². The van der Waals surface area contributed by atoms with Gasteiger partial charge in [-0.05, 0) is 37.6 Å². The molecule has 0 atom stereocenters. The van der Waals surface area contributed by atoms with E-state index in [-0.39, 0.29) is 17.4 Å². The first kappa shape index (κ1) is 15.6. The lowest BCUT2D eigenvalue weighted by molar-refractivity contribution is -0.122. The molecule has 1 saturated heterocycles. The van der Waals surface area contributed by atoms with Gasteiger partial charge in [0.1, 0.15) is 0 Å². The van der Waals surface area contributed by atoms with E-state index < -0.39 is 10.8 Å². The van der Waals surface area contributed by atoms with Gasteiger partial charge in [0.15, 0.2) is 0 Å². The van der Waals surface area contributed by atoms with Gasteiger partial charge in [-0.15, -0.1) is 0 Å². The van der Waals surface area contributed by atoms with Crippen LogP contribution in [0.4, 0.5) is 0 Å². The predicted octanol–water partition coefficient (Wildman–Crippen LogP) is 1.17. The lowest BCUT2D eigenvalue weighted by Crippen LogP contribution is -2.39. The number of carbonyl (C=O) groups excluding carboxylic acids is 1. The van der Waals surface area contributed by atoms with E-state index in [1.54, 1.807) is 0 Å². The zero-order chi connectivity index (χ0) is 13.6. The molecule has 0 saturated carbocycles. The summed E-state index contributed by atoms with van der Waals surface area (Å²) in [5, 5.41) is 3.05. The molecule has 1 aliphatic rings. The highest BCUT2D eigenvalue weighted by molar-refractivity contribution is 7.85. The number of rotatable bonds is 6. The topological polar surface area (TPSA) is 72.2 Å². The van der Waals surface area contributed by atoms with Gasteiger partial charge in [-0.1, -0.05) is 13.8 Å². The van der Waals surface area contributed by atoms with E-state index in [4.69, 9.17) is 5.73 Å². The minimum Gasteiger partial charge on any atom is -0.353 e. The SMILES string of the molecule is CC(C)(CCN)CCC(=O)NC1CCS(=O)CC1. The third kappa shape index (κ3) is 5.96. The molecule has 0 aromatic heterocycles. The summed E-state index contributed by atoms with van der Waals surface area (Å²) >= 11 is 0. The molecule has 1 rings (SSSR count). The van der Waals surface area contributed by atoms with Gasteiger partial charge in [0.2, 0.25) is 5.91 Å². The molecule has 1 heterocycles. The lowest BCUT2D eigenvalue weighted by atomic mass is 9.84. The van der Waals surface area contributed by atoms with E-state index in [9.17, 15) is 9.00 Å². The molecule has 0 radical (unpaired) electrons. The van der Waals surface area contributed by atoms with Gasteiger partial charge in [0, 0.05) is 34.8 Å². The predicted molar refractivity (Wildman–Crippen MR) is 75.7 cm³/mol. The summed E-state index contributed by atoms with van der Waals surface area (Å²) in [6.07, 6.45) is 4.08. The second kappa shape index (κ2) is 7.24. The fraction of sp³-hybridized carbons (Fsp3) is 0.923. The number of hydrogen-bond acceptors (Lipinski definition) is 3. The smallest absolute Gasteiger partial charge is 0.220 e. The van der Waals surface area contributed by atoms with Crippen molar-refractivity contribution in [2.24, 2.45) is 11.1 Å². The van der Waals surface area contributed by atoms with Crippen molar-refractivity contribution < 1.29 is 9.00 Å².